The van der Waals surface area contributed by atoms with Crippen molar-refractivity contribution >= 4 is 0 Å². The van der Waals surface area contributed by atoms with Crippen LogP contribution >= 0.6 is 0 Å². The highest BCUT2D eigenvalue weighted by Gasteiger charge is 2.23. The van der Waals surface area contributed by atoms with Crippen molar-refractivity contribution in [3.05, 3.63) is 23.7 Å². The number of hydrogen-bond donors (Lipinski definition) is 1. The number of morpholine rings is 1. The molecule has 84 valence electrons. The third-order valence-corrected chi connectivity index (χ3v) is 2.80. The molecule has 0 aromatic carbocycles. The molecule has 1 aromatic rings. The molecule has 2 heterocycles. The van der Waals surface area contributed by atoms with Crippen LogP contribution in [0.4, 0.5) is 0 Å². The van der Waals surface area contributed by atoms with Gasteiger partial charge in [-0.3, -0.25) is 4.90 Å². The topological polar surface area (TPSA) is 51.6 Å². The molecule has 1 saturated heterocycles. The number of ether oxygens (including phenoxy) is 1. The van der Waals surface area contributed by atoms with Crippen LogP contribution in [0.15, 0.2) is 16.5 Å². The fourth-order valence-corrected chi connectivity index (χ4v) is 1.97. The number of aryl methyl sites for hydroxylation is 1. The Morgan fingerprint density at radius 2 is 2.13 bits per heavy atom. The third-order valence-electron chi connectivity index (χ3n) is 2.80. The van der Waals surface area contributed by atoms with Gasteiger partial charge >= 0.3 is 0 Å². The summed E-state index contributed by atoms with van der Waals surface area (Å²) in [5.74, 6) is 1.91. The van der Waals surface area contributed by atoms with E-state index < -0.39 is 0 Å². The van der Waals surface area contributed by atoms with Gasteiger partial charge in [0.15, 0.2) is 0 Å². The maximum absolute atomic E-state index is 5.80. The van der Waals surface area contributed by atoms with Gasteiger partial charge in [0, 0.05) is 19.6 Å². The zero-order valence-electron chi connectivity index (χ0n) is 9.11. The maximum atomic E-state index is 5.80. The van der Waals surface area contributed by atoms with Crippen molar-refractivity contribution in [2.75, 3.05) is 32.8 Å². The molecule has 0 spiro atoms. The number of hydrogen-bond acceptors (Lipinski definition) is 4. The molecule has 0 radical (unpaired) electrons. The summed E-state index contributed by atoms with van der Waals surface area (Å²) < 4.78 is 10.9. The highest BCUT2D eigenvalue weighted by atomic mass is 16.5. The molecule has 0 amide bonds. The van der Waals surface area contributed by atoms with Gasteiger partial charge in [0.25, 0.3) is 0 Å². The van der Waals surface area contributed by atoms with Gasteiger partial charge in [0.1, 0.15) is 11.5 Å². The molecule has 2 rings (SSSR count). The summed E-state index contributed by atoms with van der Waals surface area (Å²) in [6.45, 7) is 5.99. The Morgan fingerprint density at radius 3 is 2.67 bits per heavy atom. The highest BCUT2D eigenvalue weighted by molar-refractivity contribution is 5.10. The Balaban J connectivity index is 2.08. The minimum absolute atomic E-state index is 0.197. The summed E-state index contributed by atoms with van der Waals surface area (Å²) in [5.41, 5.74) is 5.80. The second-order valence-electron chi connectivity index (χ2n) is 3.85. The van der Waals surface area contributed by atoms with E-state index >= 15 is 0 Å². The average molecular weight is 210 g/mol. The molecule has 1 atom stereocenters. The van der Waals surface area contributed by atoms with Crippen LogP contribution in [0.1, 0.15) is 17.6 Å². The maximum Gasteiger partial charge on any atom is 0.122 e. The number of furan rings is 1. The average Bonchev–Trinajstić information content (AvgIpc) is 2.68. The summed E-state index contributed by atoms with van der Waals surface area (Å²) in [7, 11) is 0. The van der Waals surface area contributed by atoms with Crippen LogP contribution in [0.3, 0.4) is 0 Å². The van der Waals surface area contributed by atoms with E-state index in [4.69, 9.17) is 14.9 Å². The second-order valence-corrected chi connectivity index (χ2v) is 3.85. The van der Waals surface area contributed by atoms with Crippen molar-refractivity contribution in [2.45, 2.75) is 13.0 Å². The Hall–Kier alpha value is -0.840. The van der Waals surface area contributed by atoms with Gasteiger partial charge in [0.2, 0.25) is 0 Å². The molecule has 0 bridgehead atoms. The second kappa shape index (κ2) is 4.79. The van der Waals surface area contributed by atoms with Crippen molar-refractivity contribution in [1.82, 2.24) is 4.90 Å². The van der Waals surface area contributed by atoms with E-state index in [2.05, 4.69) is 4.90 Å². The predicted molar refractivity (Wildman–Crippen MR) is 57.6 cm³/mol. The summed E-state index contributed by atoms with van der Waals surface area (Å²) in [4.78, 5) is 2.32. The van der Waals surface area contributed by atoms with Gasteiger partial charge in [-0.05, 0) is 19.1 Å². The van der Waals surface area contributed by atoms with Gasteiger partial charge in [-0.2, -0.15) is 0 Å². The Labute approximate surface area is 90.0 Å². The standard InChI is InChI=1S/C11H18N2O2/c1-9-2-3-11(15-9)10(8-12)13-4-6-14-7-5-13/h2-3,10H,4-8,12H2,1H3/t10-/m1/s1. The largest absolute Gasteiger partial charge is 0.465 e. The molecule has 1 fully saturated rings. The lowest BCUT2D eigenvalue weighted by molar-refractivity contribution is 0.0134. The zero-order valence-corrected chi connectivity index (χ0v) is 9.11. The SMILES string of the molecule is Cc1ccc([C@@H](CN)N2CCOCC2)o1. The molecule has 15 heavy (non-hydrogen) atoms. The fraction of sp³-hybridized carbons (Fsp3) is 0.636. The number of nitrogens with zero attached hydrogens (tertiary/aromatic N) is 1. The van der Waals surface area contributed by atoms with Gasteiger partial charge in [-0.1, -0.05) is 0 Å². The van der Waals surface area contributed by atoms with Crippen molar-refractivity contribution in [1.29, 1.82) is 0 Å². The van der Waals surface area contributed by atoms with Crippen LogP contribution in [-0.4, -0.2) is 37.7 Å². The summed E-state index contributed by atoms with van der Waals surface area (Å²) >= 11 is 0. The monoisotopic (exact) mass is 210 g/mol. The molecule has 4 heteroatoms. The van der Waals surface area contributed by atoms with Gasteiger partial charge < -0.3 is 14.9 Å². The van der Waals surface area contributed by atoms with E-state index in [1.54, 1.807) is 0 Å². The molecule has 2 N–H and O–H groups in total. The fourth-order valence-electron chi connectivity index (χ4n) is 1.97. The van der Waals surface area contributed by atoms with Gasteiger partial charge in [0.05, 0.1) is 19.3 Å². The number of nitrogens with two attached hydrogens (primary N) is 1. The molecule has 0 aliphatic carbocycles. The van der Waals surface area contributed by atoms with Crippen LogP contribution in [0.25, 0.3) is 0 Å². The van der Waals surface area contributed by atoms with Crippen LogP contribution in [0, 0.1) is 6.92 Å². The smallest absolute Gasteiger partial charge is 0.122 e. The first kappa shape index (κ1) is 10.7. The summed E-state index contributed by atoms with van der Waals surface area (Å²) in [6, 6.07) is 4.20. The Morgan fingerprint density at radius 1 is 1.40 bits per heavy atom. The Bertz CT molecular complexity index is 305. The van der Waals surface area contributed by atoms with Crippen LogP contribution in [-0.2, 0) is 4.74 Å². The zero-order chi connectivity index (χ0) is 10.7. The van der Waals surface area contributed by atoms with E-state index in [0.29, 0.717) is 6.54 Å². The number of rotatable bonds is 3. The van der Waals surface area contributed by atoms with Crippen molar-refractivity contribution in [3.8, 4) is 0 Å². The van der Waals surface area contributed by atoms with E-state index in [1.807, 2.05) is 19.1 Å². The van der Waals surface area contributed by atoms with Gasteiger partial charge in [-0.15, -0.1) is 0 Å². The summed E-state index contributed by atoms with van der Waals surface area (Å²) in [5, 5.41) is 0. The lowest BCUT2D eigenvalue weighted by Crippen LogP contribution is -2.41. The van der Waals surface area contributed by atoms with E-state index in [1.165, 1.54) is 0 Å². The highest BCUT2D eigenvalue weighted by Crippen LogP contribution is 2.22. The van der Waals surface area contributed by atoms with Crippen molar-refractivity contribution in [3.63, 3.8) is 0 Å². The quantitative estimate of drug-likeness (QED) is 0.806. The molecule has 1 aliphatic rings. The predicted octanol–water partition coefficient (Wildman–Crippen LogP) is 0.920. The molecule has 0 saturated carbocycles. The normalized spacial score (nSPS) is 20.4. The molecule has 1 aromatic heterocycles. The van der Waals surface area contributed by atoms with Gasteiger partial charge in [-0.25, -0.2) is 0 Å². The lowest BCUT2D eigenvalue weighted by atomic mass is 10.2. The Kier molecular flexibility index (Phi) is 3.41. The molecular formula is C11H18N2O2. The van der Waals surface area contributed by atoms with E-state index in [0.717, 1.165) is 37.8 Å². The minimum Gasteiger partial charge on any atom is -0.465 e. The molecule has 0 unspecified atom stereocenters. The first-order chi connectivity index (χ1) is 7.31. The minimum atomic E-state index is 0.197. The van der Waals surface area contributed by atoms with Crippen molar-refractivity contribution in [2.24, 2.45) is 5.73 Å². The first-order valence-corrected chi connectivity index (χ1v) is 5.39. The van der Waals surface area contributed by atoms with Crippen LogP contribution in [0.5, 0.6) is 0 Å². The van der Waals surface area contributed by atoms with Crippen LogP contribution < -0.4 is 5.73 Å². The van der Waals surface area contributed by atoms with Crippen molar-refractivity contribution < 1.29 is 9.15 Å². The molecule has 1 aliphatic heterocycles. The molecule has 4 nitrogen and oxygen atoms in total. The summed E-state index contributed by atoms with van der Waals surface area (Å²) in [6.07, 6.45) is 0. The van der Waals surface area contributed by atoms with E-state index in [-0.39, 0.29) is 6.04 Å². The first-order valence-electron chi connectivity index (χ1n) is 5.39. The molecular weight excluding hydrogens is 192 g/mol. The third kappa shape index (κ3) is 2.40. The van der Waals surface area contributed by atoms with Crippen LogP contribution in [0.2, 0.25) is 0 Å². The lowest BCUT2D eigenvalue weighted by Gasteiger charge is -2.32. The van der Waals surface area contributed by atoms with E-state index in [9.17, 15) is 0 Å².